The summed E-state index contributed by atoms with van der Waals surface area (Å²) >= 11 is 0. The minimum atomic E-state index is -0.749. The zero-order chi connectivity index (χ0) is 14.6. The van der Waals surface area contributed by atoms with Crippen LogP contribution in [0, 0.1) is 10.1 Å². The Hall–Kier alpha value is -1.21. The van der Waals surface area contributed by atoms with E-state index in [0.29, 0.717) is 6.54 Å². The summed E-state index contributed by atoms with van der Waals surface area (Å²) < 4.78 is 0. The number of carbonyl (C=O) groups is 1. The molecule has 0 aromatic heterocycles. The second-order valence-electron chi connectivity index (χ2n) is 5.35. The molecular formula is C12H24N4O3. The van der Waals surface area contributed by atoms with Crippen LogP contribution in [-0.2, 0) is 4.79 Å². The summed E-state index contributed by atoms with van der Waals surface area (Å²) in [6.45, 7) is 7.25. The van der Waals surface area contributed by atoms with Gasteiger partial charge < -0.3 is 9.80 Å². The van der Waals surface area contributed by atoms with Crippen LogP contribution in [0.15, 0.2) is 0 Å². The predicted molar refractivity (Wildman–Crippen MR) is 72.6 cm³/mol. The lowest BCUT2D eigenvalue weighted by molar-refractivity contribution is -0.524. The third-order valence-corrected chi connectivity index (χ3v) is 3.99. The summed E-state index contributed by atoms with van der Waals surface area (Å²) in [5.74, 6) is -0.0502. The van der Waals surface area contributed by atoms with Crippen molar-refractivity contribution in [1.82, 2.24) is 14.7 Å². The molecule has 2 atom stereocenters. The maximum absolute atomic E-state index is 12.1. The summed E-state index contributed by atoms with van der Waals surface area (Å²) in [5, 5.41) is 10.7. The molecule has 7 heteroatoms. The first-order valence-corrected chi connectivity index (χ1v) is 6.63. The molecule has 0 radical (unpaired) electrons. The highest BCUT2D eigenvalue weighted by molar-refractivity contribution is 5.78. The van der Waals surface area contributed by atoms with Crippen molar-refractivity contribution in [3.8, 4) is 0 Å². The number of likely N-dealkylation sites (N-methyl/N-ethyl adjacent to an activating group) is 2. The number of rotatable bonds is 5. The van der Waals surface area contributed by atoms with Crippen molar-refractivity contribution >= 4 is 5.91 Å². The van der Waals surface area contributed by atoms with Crippen LogP contribution in [0.5, 0.6) is 0 Å². The van der Waals surface area contributed by atoms with E-state index in [1.54, 1.807) is 14.0 Å². The molecule has 0 bridgehead atoms. The summed E-state index contributed by atoms with van der Waals surface area (Å²) in [4.78, 5) is 28.3. The van der Waals surface area contributed by atoms with Gasteiger partial charge in [0, 0.05) is 45.1 Å². The normalized spacial score (nSPS) is 20.8. The molecule has 110 valence electrons. The highest BCUT2D eigenvalue weighted by Crippen LogP contribution is 2.07. The molecular weight excluding hydrogens is 248 g/mol. The number of amides is 1. The Morgan fingerprint density at radius 1 is 1.32 bits per heavy atom. The van der Waals surface area contributed by atoms with Gasteiger partial charge in [-0.2, -0.15) is 0 Å². The molecule has 1 aliphatic heterocycles. The van der Waals surface area contributed by atoms with Crippen molar-refractivity contribution in [1.29, 1.82) is 0 Å². The number of piperazine rings is 1. The number of hydrogen-bond donors (Lipinski definition) is 0. The summed E-state index contributed by atoms with van der Waals surface area (Å²) in [6, 6.07) is -1.14. The topological polar surface area (TPSA) is 69.9 Å². The first kappa shape index (κ1) is 15.8. The molecule has 0 spiro atoms. The van der Waals surface area contributed by atoms with Crippen LogP contribution < -0.4 is 0 Å². The lowest BCUT2D eigenvalue weighted by Gasteiger charge is -2.34. The SMILES string of the molecule is CC([C@H](C)[N+](=O)[O-])N(C)C(=O)CN1CCN(C)CC1. The minimum Gasteiger partial charge on any atom is -0.335 e. The van der Waals surface area contributed by atoms with Gasteiger partial charge in [0.1, 0.15) is 0 Å². The zero-order valence-electron chi connectivity index (χ0n) is 12.2. The van der Waals surface area contributed by atoms with Gasteiger partial charge in [-0.25, -0.2) is 0 Å². The van der Waals surface area contributed by atoms with Gasteiger partial charge >= 0.3 is 0 Å². The smallest absolute Gasteiger partial charge is 0.236 e. The second-order valence-corrected chi connectivity index (χ2v) is 5.35. The van der Waals surface area contributed by atoms with E-state index in [1.165, 1.54) is 11.8 Å². The lowest BCUT2D eigenvalue weighted by atomic mass is 10.1. The third-order valence-electron chi connectivity index (χ3n) is 3.99. The predicted octanol–water partition coefficient (Wildman–Crippen LogP) is -0.254. The molecule has 1 aliphatic rings. The molecule has 1 heterocycles. The summed E-state index contributed by atoms with van der Waals surface area (Å²) in [6.07, 6.45) is 0. The summed E-state index contributed by atoms with van der Waals surface area (Å²) in [5.41, 5.74) is 0. The maximum atomic E-state index is 12.1. The van der Waals surface area contributed by atoms with Crippen LogP contribution in [0.2, 0.25) is 0 Å². The molecule has 0 saturated carbocycles. The molecule has 7 nitrogen and oxygen atoms in total. The summed E-state index contributed by atoms with van der Waals surface area (Å²) in [7, 11) is 3.70. The fraction of sp³-hybridized carbons (Fsp3) is 0.917. The van der Waals surface area contributed by atoms with Crippen LogP contribution in [0.3, 0.4) is 0 Å². The molecule has 1 fully saturated rings. The van der Waals surface area contributed by atoms with E-state index in [4.69, 9.17) is 0 Å². The first-order valence-electron chi connectivity index (χ1n) is 6.63. The van der Waals surface area contributed by atoms with Gasteiger partial charge in [-0.3, -0.25) is 19.8 Å². The van der Waals surface area contributed by atoms with E-state index in [-0.39, 0.29) is 10.8 Å². The molecule has 0 aromatic rings. The van der Waals surface area contributed by atoms with Crippen molar-refractivity contribution in [2.24, 2.45) is 0 Å². The van der Waals surface area contributed by atoms with E-state index < -0.39 is 12.1 Å². The Kier molecular flexibility index (Phi) is 5.68. The van der Waals surface area contributed by atoms with Gasteiger partial charge in [-0.15, -0.1) is 0 Å². The van der Waals surface area contributed by atoms with Crippen LogP contribution in [0.4, 0.5) is 0 Å². The molecule has 0 N–H and O–H groups in total. The van der Waals surface area contributed by atoms with Gasteiger partial charge in [-0.1, -0.05) is 0 Å². The second kappa shape index (κ2) is 6.81. The third kappa shape index (κ3) is 4.43. The van der Waals surface area contributed by atoms with Gasteiger partial charge in [0.2, 0.25) is 11.9 Å². The van der Waals surface area contributed by atoms with Crippen molar-refractivity contribution < 1.29 is 9.72 Å². The standard InChI is InChI=1S/C12H24N4O3/c1-10(11(2)16(18)19)14(4)12(17)9-15-7-5-13(3)6-8-15/h10-11H,5-9H2,1-4H3/t10?,11-/m0/s1. The molecule has 0 aliphatic carbocycles. The molecule has 0 aromatic carbocycles. The number of nitro groups is 1. The largest absolute Gasteiger partial charge is 0.335 e. The average Bonchev–Trinajstić information content (AvgIpc) is 2.38. The van der Waals surface area contributed by atoms with E-state index in [1.807, 2.05) is 0 Å². The molecule has 1 rings (SSSR count). The highest BCUT2D eigenvalue weighted by Gasteiger charge is 2.29. The van der Waals surface area contributed by atoms with Gasteiger partial charge in [0.25, 0.3) is 0 Å². The Labute approximate surface area is 114 Å². The van der Waals surface area contributed by atoms with Crippen LogP contribution in [0.25, 0.3) is 0 Å². The van der Waals surface area contributed by atoms with Crippen molar-refractivity contribution in [3.63, 3.8) is 0 Å². The average molecular weight is 272 g/mol. The molecule has 19 heavy (non-hydrogen) atoms. The Balaban J connectivity index is 2.46. The number of carbonyl (C=O) groups excluding carboxylic acids is 1. The fourth-order valence-electron chi connectivity index (χ4n) is 2.04. The van der Waals surface area contributed by atoms with Gasteiger partial charge in [-0.05, 0) is 14.0 Å². The first-order chi connectivity index (χ1) is 8.82. The lowest BCUT2D eigenvalue weighted by Crippen LogP contribution is -2.51. The Morgan fingerprint density at radius 2 is 1.84 bits per heavy atom. The van der Waals surface area contributed by atoms with Gasteiger partial charge in [0.05, 0.1) is 12.6 Å². The van der Waals surface area contributed by atoms with E-state index in [2.05, 4.69) is 16.8 Å². The Bertz CT molecular complexity index is 329. The highest BCUT2D eigenvalue weighted by atomic mass is 16.6. The zero-order valence-corrected chi connectivity index (χ0v) is 12.2. The van der Waals surface area contributed by atoms with Crippen LogP contribution in [-0.4, -0.2) is 84.4 Å². The maximum Gasteiger partial charge on any atom is 0.236 e. The number of nitrogens with zero attached hydrogens (tertiary/aromatic N) is 4. The van der Waals surface area contributed by atoms with E-state index >= 15 is 0 Å². The monoisotopic (exact) mass is 272 g/mol. The fourth-order valence-corrected chi connectivity index (χ4v) is 2.04. The molecule has 1 saturated heterocycles. The minimum absolute atomic E-state index is 0.0502. The molecule has 1 unspecified atom stereocenters. The van der Waals surface area contributed by atoms with Crippen molar-refractivity contribution in [3.05, 3.63) is 10.1 Å². The van der Waals surface area contributed by atoms with E-state index in [0.717, 1.165) is 26.2 Å². The number of hydrogen-bond acceptors (Lipinski definition) is 5. The van der Waals surface area contributed by atoms with Crippen molar-refractivity contribution in [2.75, 3.05) is 46.8 Å². The molecule has 1 amide bonds. The van der Waals surface area contributed by atoms with Crippen molar-refractivity contribution in [2.45, 2.75) is 25.9 Å². The van der Waals surface area contributed by atoms with Gasteiger partial charge in [0.15, 0.2) is 0 Å². The van der Waals surface area contributed by atoms with E-state index in [9.17, 15) is 14.9 Å². The quantitative estimate of drug-likeness (QED) is 0.510. The Morgan fingerprint density at radius 3 is 2.32 bits per heavy atom. The van der Waals surface area contributed by atoms with Crippen LogP contribution in [0.1, 0.15) is 13.8 Å². The van der Waals surface area contributed by atoms with Crippen LogP contribution >= 0.6 is 0 Å².